The summed E-state index contributed by atoms with van der Waals surface area (Å²) in [5.41, 5.74) is 0.302. The van der Waals surface area contributed by atoms with Gasteiger partial charge in [-0.3, -0.25) is 0 Å². The zero-order valence-electron chi connectivity index (χ0n) is 10.7. The van der Waals surface area contributed by atoms with Gasteiger partial charge < -0.3 is 9.69 Å². The number of carbonyl (C=O) groups is 1. The second kappa shape index (κ2) is 4.49. The number of H-pyrrole nitrogens is 1. The minimum absolute atomic E-state index is 0.161. The maximum Gasteiger partial charge on any atom is 0.349 e. The van der Waals surface area contributed by atoms with Crippen LogP contribution in [0.5, 0.6) is 0 Å². The van der Waals surface area contributed by atoms with E-state index in [1.54, 1.807) is 13.0 Å². The predicted molar refractivity (Wildman–Crippen MR) is 69.3 cm³/mol. The molecule has 0 saturated carbocycles. The summed E-state index contributed by atoms with van der Waals surface area (Å²) >= 11 is 0. The average molecular weight is 261 g/mol. The Kier molecular flexibility index (Phi) is 2.81. The Balaban J connectivity index is 1.93. The number of hydrogen-bond acceptors (Lipinski definition) is 5. The Morgan fingerprint density at radius 3 is 2.84 bits per heavy atom. The molecule has 0 amide bonds. The number of aromatic nitrogens is 4. The summed E-state index contributed by atoms with van der Waals surface area (Å²) in [6, 6.07) is 1.80. The molecule has 3 heterocycles. The van der Waals surface area contributed by atoms with Crippen LogP contribution >= 0.6 is 0 Å². The summed E-state index contributed by atoms with van der Waals surface area (Å²) in [7, 11) is 0. The summed E-state index contributed by atoms with van der Waals surface area (Å²) in [6.07, 6.45) is 2.73. The number of carbonyl (C=O) groups excluding carboxylic acids is 1. The van der Waals surface area contributed by atoms with E-state index in [1.807, 2.05) is 0 Å². The number of fused-ring (bicyclic) bond motifs is 1. The molecule has 1 aliphatic rings. The topological polar surface area (TPSA) is 83.4 Å². The number of aryl methyl sites for hydroxylation is 1. The van der Waals surface area contributed by atoms with E-state index >= 15 is 0 Å². The van der Waals surface area contributed by atoms with Gasteiger partial charge in [0.15, 0.2) is 5.65 Å². The number of aromatic amines is 1. The molecule has 1 aliphatic heterocycles. The number of rotatable bonds is 2. The fourth-order valence-electron chi connectivity index (χ4n) is 2.51. The normalized spacial score (nSPS) is 17.0. The summed E-state index contributed by atoms with van der Waals surface area (Å²) in [5.74, 6) is 1.59. The Hall–Kier alpha value is -2.18. The monoisotopic (exact) mass is 261 g/mol. The van der Waals surface area contributed by atoms with Gasteiger partial charge in [0.1, 0.15) is 17.9 Å². The first-order valence-corrected chi connectivity index (χ1v) is 6.34. The highest BCUT2D eigenvalue weighted by atomic mass is 16.1. The van der Waals surface area contributed by atoms with Crippen molar-refractivity contribution in [1.82, 2.24) is 19.6 Å². The number of piperidine rings is 1. The molecule has 1 N–H and O–H groups in total. The molecule has 0 bridgehead atoms. The van der Waals surface area contributed by atoms with E-state index in [0.29, 0.717) is 11.5 Å². The lowest BCUT2D eigenvalue weighted by Crippen LogP contribution is -2.35. The molecule has 3 rings (SSSR count). The number of nitrogens with zero attached hydrogens (tertiary/aromatic N) is 4. The SMILES string of the molecule is Cc1nc(N2CCC(C=O)CC2)cc2n[nH]c(=O)n12. The van der Waals surface area contributed by atoms with Gasteiger partial charge in [-0.1, -0.05) is 0 Å². The highest BCUT2D eigenvalue weighted by Crippen LogP contribution is 2.21. The van der Waals surface area contributed by atoms with Gasteiger partial charge in [0.05, 0.1) is 0 Å². The highest BCUT2D eigenvalue weighted by Gasteiger charge is 2.20. The lowest BCUT2D eigenvalue weighted by atomic mass is 9.99. The fourth-order valence-corrected chi connectivity index (χ4v) is 2.51. The Morgan fingerprint density at radius 1 is 1.42 bits per heavy atom. The minimum atomic E-state index is -0.272. The van der Waals surface area contributed by atoms with Crippen molar-refractivity contribution >= 4 is 17.8 Å². The van der Waals surface area contributed by atoms with Crippen LogP contribution < -0.4 is 10.6 Å². The largest absolute Gasteiger partial charge is 0.356 e. The Labute approximate surface area is 109 Å². The molecular formula is C12H15N5O2. The smallest absolute Gasteiger partial charge is 0.349 e. The maximum absolute atomic E-state index is 11.5. The van der Waals surface area contributed by atoms with E-state index in [0.717, 1.165) is 38.0 Å². The third-order valence-corrected chi connectivity index (χ3v) is 3.61. The summed E-state index contributed by atoms with van der Waals surface area (Å²) in [4.78, 5) is 28.9. The maximum atomic E-state index is 11.5. The second-order valence-electron chi connectivity index (χ2n) is 4.84. The van der Waals surface area contributed by atoms with Gasteiger partial charge in [-0.05, 0) is 19.8 Å². The molecule has 0 unspecified atom stereocenters. The van der Waals surface area contributed by atoms with Crippen molar-refractivity contribution in [3.05, 3.63) is 22.4 Å². The molecule has 0 aromatic carbocycles. The van der Waals surface area contributed by atoms with Crippen LogP contribution in [-0.4, -0.2) is 39.0 Å². The zero-order valence-corrected chi connectivity index (χ0v) is 10.7. The molecule has 1 saturated heterocycles. The number of nitrogens with one attached hydrogen (secondary N) is 1. The predicted octanol–water partition coefficient (Wildman–Crippen LogP) is 0.141. The molecule has 2 aromatic heterocycles. The number of hydrogen-bond donors (Lipinski definition) is 1. The van der Waals surface area contributed by atoms with Gasteiger partial charge in [0.25, 0.3) is 0 Å². The summed E-state index contributed by atoms with van der Waals surface area (Å²) < 4.78 is 1.45. The molecule has 2 aromatic rings. The van der Waals surface area contributed by atoms with Crippen LogP contribution in [0, 0.1) is 12.8 Å². The fraction of sp³-hybridized carbons (Fsp3) is 0.500. The van der Waals surface area contributed by atoms with Crippen LogP contribution in [0.15, 0.2) is 10.9 Å². The van der Waals surface area contributed by atoms with E-state index < -0.39 is 0 Å². The van der Waals surface area contributed by atoms with Crippen molar-refractivity contribution in [2.45, 2.75) is 19.8 Å². The van der Waals surface area contributed by atoms with E-state index in [1.165, 1.54) is 4.40 Å². The molecule has 7 nitrogen and oxygen atoms in total. The zero-order chi connectivity index (χ0) is 13.4. The van der Waals surface area contributed by atoms with Crippen LogP contribution in [0.3, 0.4) is 0 Å². The first-order valence-electron chi connectivity index (χ1n) is 6.34. The molecule has 19 heavy (non-hydrogen) atoms. The van der Waals surface area contributed by atoms with Crippen LogP contribution in [0.2, 0.25) is 0 Å². The van der Waals surface area contributed by atoms with Crippen molar-refractivity contribution in [2.24, 2.45) is 5.92 Å². The molecule has 0 spiro atoms. The molecule has 1 fully saturated rings. The van der Waals surface area contributed by atoms with Gasteiger partial charge in [-0.25, -0.2) is 19.3 Å². The Morgan fingerprint density at radius 2 is 2.16 bits per heavy atom. The molecular weight excluding hydrogens is 246 g/mol. The van der Waals surface area contributed by atoms with Gasteiger partial charge in [0, 0.05) is 25.1 Å². The lowest BCUT2D eigenvalue weighted by molar-refractivity contribution is -0.111. The van der Waals surface area contributed by atoms with E-state index in [9.17, 15) is 9.59 Å². The molecule has 100 valence electrons. The number of anilines is 1. The molecule has 0 radical (unpaired) electrons. The van der Waals surface area contributed by atoms with Crippen molar-refractivity contribution in [2.75, 3.05) is 18.0 Å². The van der Waals surface area contributed by atoms with Crippen molar-refractivity contribution in [1.29, 1.82) is 0 Å². The highest BCUT2D eigenvalue weighted by molar-refractivity contribution is 5.56. The quantitative estimate of drug-likeness (QED) is 0.777. The minimum Gasteiger partial charge on any atom is -0.356 e. The van der Waals surface area contributed by atoms with Crippen molar-refractivity contribution < 1.29 is 4.79 Å². The second-order valence-corrected chi connectivity index (χ2v) is 4.84. The van der Waals surface area contributed by atoms with Crippen molar-refractivity contribution in [3.8, 4) is 0 Å². The van der Waals surface area contributed by atoms with Crippen LogP contribution in [0.4, 0.5) is 5.82 Å². The summed E-state index contributed by atoms with van der Waals surface area (Å²) in [6.45, 7) is 3.40. The standard InChI is InChI=1S/C12H15N5O2/c1-8-13-10(6-11-14-15-12(19)17(8)11)16-4-2-9(7-18)3-5-16/h6-7,9H,2-5H2,1H3,(H,15,19). The summed E-state index contributed by atoms with van der Waals surface area (Å²) in [5, 5.41) is 6.38. The van der Waals surface area contributed by atoms with E-state index in [4.69, 9.17) is 0 Å². The van der Waals surface area contributed by atoms with Crippen LogP contribution in [0.1, 0.15) is 18.7 Å². The van der Waals surface area contributed by atoms with Gasteiger partial charge in [-0.2, -0.15) is 5.10 Å². The third-order valence-electron chi connectivity index (χ3n) is 3.61. The third kappa shape index (κ3) is 2.00. The number of aldehydes is 1. The average Bonchev–Trinajstić information content (AvgIpc) is 2.81. The molecule has 7 heteroatoms. The lowest BCUT2D eigenvalue weighted by Gasteiger charge is -2.30. The van der Waals surface area contributed by atoms with E-state index in [-0.39, 0.29) is 11.6 Å². The van der Waals surface area contributed by atoms with Crippen LogP contribution in [0.25, 0.3) is 5.65 Å². The van der Waals surface area contributed by atoms with Gasteiger partial charge >= 0.3 is 5.69 Å². The Bertz CT molecular complexity index is 666. The molecule has 0 aliphatic carbocycles. The van der Waals surface area contributed by atoms with Gasteiger partial charge in [0.2, 0.25) is 0 Å². The van der Waals surface area contributed by atoms with E-state index in [2.05, 4.69) is 20.1 Å². The first-order chi connectivity index (χ1) is 9.19. The first kappa shape index (κ1) is 11.9. The van der Waals surface area contributed by atoms with Gasteiger partial charge in [-0.15, -0.1) is 0 Å². The van der Waals surface area contributed by atoms with Crippen molar-refractivity contribution in [3.63, 3.8) is 0 Å². The molecule has 0 atom stereocenters. The van der Waals surface area contributed by atoms with Crippen LogP contribution in [-0.2, 0) is 4.79 Å².